The number of nitrogens with zero attached hydrogens (tertiary/aromatic N) is 1. The van der Waals surface area contributed by atoms with Crippen molar-refractivity contribution in [3.63, 3.8) is 0 Å². The highest BCUT2D eigenvalue weighted by Gasteiger charge is 2.40. The summed E-state index contributed by atoms with van der Waals surface area (Å²) in [7, 11) is 0. The molecule has 4 aliphatic carbocycles. The zero-order valence-electron chi connectivity index (χ0n) is 34.1. The molecule has 1 nitrogen and oxygen atoms in total. The van der Waals surface area contributed by atoms with Crippen LogP contribution in [0.5, 0.6) is 0 Å². The monoisotopic (exact) mass is 795 g/mol. The molecule has 0 fully saturated rings. The van der Waals surface area contributed by atoms with E-state index in [1.165, 1.54) is 103 Å². The van der Waals surface area contributed by atoms with Gasteiger partial charge in [0.05, 0.1) is 10.4 Å². The van der Waals surface area contributed by atoms with Crippen LogP contribution in [-0.2, 0) is 5.41 Å². The molecule has 0 spiro atoms. The molecule has 2 atom stereocenters. The predicted molar refractivity (Wildman–Crippen MR) is 260 cm³/mol. The number of hydrogen-bond donors (Lipinski definition) is 0. The van der Waals surface area contributed by atoms with Crippen LogP contribution in [-0.4, -0.2) is 0 Å². The minimum atomic E-state index is -0.152. The molecular formula is C59H41NS. The molecule has 0 amide bonds. The van der Waals surface area contributed by atoms with E-state index in [0.717, 1.165) is 11.4 Å². The van der Waals surface area contributed by atoms with Crippen LogP contribution in [0.4, 0.5) is 17.1 Å². The van der Waals surface area contributed by atoms with Crippen LogP contribution >= 0.6 is 11.3 Å². The van der Waals surface area contributed by atoms with E-state index in [-0.39, 0.29) is 5.41 Å². The first-order chi connectivity index (χ1) is 30.0. The lowest BCUT2D eigenvalue weighted by Gasteiger charge is -2.28. The number of anilines is 3. The van der Waals surface area contributed by atoms with E-state index in [1.54, 1.807) is 0 Å². The Morgan fingerprint density at radius 1 is 0.557 bits per heavy atom. The molecule has 0 saturated heterocycles. The Balaban J connectivity index is 0.941. The quantitative estimate of drug-likeness (QED) is 0.168. The normalized spacial score (nSPS) is 17.7. The van der Waals surface area contributed by atoms with Gasteiger partial charge in [-0.1, -0.05) is 172 Å². The lowest BCUT2D eigenvalue weighted by molar-refractivity contribution is 0.660. The minimum absolute atomic E-state index is 0.152. The lowest BCUT2D eigenvalue weighted by Crippen LogP contribution is -2.16. The third-order valence-electron chi connectivity index (χ3n) is 14.0. The predicted octanol–water partition coefficient (Wildman–Crippen LogP) is 16.3. The molecule has 1 heterocycles. The van der Waals surface area contributed by atoms with Gasteiger partial charge in [0.1, 0.15) is 0 Å². The minimum Gasteiger partial charge on any atom is -0.309 e. The summed E-state index contributed by atoms with van der Waals surface area (Å²) in [5, 5.41) is 5.14. The molecule has 0 N–H and O–H groups in total. The van der Waals surface area contributed by atoms with Gasteiger partial charge in [0.25, 0.3) is 0 Å². The topological polar surface area (TPSA) is 3.24 Å². The zero-order valence-corrected chi connectivity index (χ0v) is 34.9. The van der Waals surface area contributed by atoms with Gasteiger partial charge < -0.3 is 4.90 Å². The molecule has 2 heteroatoms. The number of hydrogen-bond acceptors (Lipinski definition) is 2. The maximum Gasteiger partial charge on any atom is 0.0640 e. The van der Waals surface area contributed by atoms with Crippen LogP contribution in [0, 0.1) is 5.92 Å². The Labute approximate surface area is 360 Å². The Morgan fingerprint density at radius 3 is 2.21 bits per heavy atom. The van der Waals surface area contributed by atoms with Crippen molar-refractivity contribution in [2.75, 3.05) is 4.90 Å². The Bertz CT molecular complexity index is 3450. The molecule has 288 valence electrons. The van der Waals surface area contributed by atoms with Crippen LogP contribution in [0.15, 0.2) is 206 Å². The van der Waals surface area contributed by atoms with Gasteiger partial charge in [-0.25, -0.2) is 0 Å². The SMILES string of the molecule is CC1(C)c2ccc(N(c3ccc(-c4cccc5ccccc45)cc3)c3cccc4c3sc3ccccc34)cc2-c2ccc(C3=CC4c5ccccc5C5=CC=CC(=C3)C54)cc21. The van der Waals surface area contributed by atoms with Gasteiger partial charge in [-0.2, -0.15) is 0 Å². The molecule has 0 bridgehead atoms. The maximum atomic E-state index is 2.54. The fourth-order valence-electron chi connectivity index (χ4n) is 11.1. The Kier molecular flexibility index (Phi) is 7.42. The molecule has 0 aliphatic heterocycles. The average molecular weight is 796 g/mol. The van der Waals surface area contributed by atoms with E-state index in [4.69, 9.17) is 0 Å². The average Bonchev–Trinajstić information content (AvgIpc) is 3.93. The molecule has 8 aromatic carbocycles. The number of rotatable bonds is 5. The number of allylic oxidation sites excluding steroid dienone is 8. The molecular weight excluding hydrogens is 755 g/mol. The van der Waals surface area contributed by atoms with Crippen molar-refractivity contribution in [1.29, 1.82) is 0 Å². The second-order valence-electron chi connectivity index (χ2n) is 17.6. The fraction of sp³-hybridized carbons (Fsp3) is 0.0847. The molecule has 13 rings (SSSR count). The van der Waals surface area contributed by atoms with Crippen molar-refractivity contribution in [3.05, 3.63) is 234 Å². The summed E-state index contributed by atoms with van der Waals surface area (Å²) in [6.07, 6.45) is 11.9. The van der Waals surface area contributed by atoms with Gasteiger partial charge in [-0.15, -0.1) is 11.3 Å². The third-order valence-corrected chi connectivity index (χ3v) is 15.2. The highest BCUT2D eigenvalue weighted by atomic mass is 32.1. The number of benzene rings is 8. The van der Waals surface area contributed by atoms with E-state index in [1.807, 2.05) is 11.3 Å². The molecule has 0 radical (unpaired) electrons. The number of thiophene rings is 1. The van der Waals surface area contributed by atoms with E-state index in [0.29, 0.717) is 11.8 Å². The second kappa shape index (κ2) is 13.0. The standard InChI is InChI=1S/C59H41NS/c1-59(2)53-31-29-42(35-51(53)47-30-26-38(34-54(47)59)40-32-39-14-10-20-49-45-16-5-6-17-46(45)52(33-40)57(39)49)60(55-22-11-21-50-48-18-7-8-23-56(48)61-58(50)55)41-27-24-37(25-28-41)44-19-9-13-36-12-3-4-15-43(36)44/h3-35,52,57H,1-2H3. The van der Waals surface area contributed by atoms with Crippen LogP contribution in [0.1, 0.15) is 47.6 Å². The van der Waals surface area contributed by atoms with Crippen LogP contribution in [0.2, 0.25) is 0 Å². The van der Waals surface area contributed by atoms with Gasteiger partial charge >= 0.3 is 0 Å². The molecule has 1 aromatic heterocycles. The first-order valence-electron chi connectivity index (χ1n) is 21.5. The van der Waals surface area contributed by atoms with Crippen molar-refractivity contribution in [1.82, 2.24) is 0 Å². The molecule has 0 saturated carbocycles. The fourth-order valence-corrected chi connectivity index (χ4v) is 12.3. The van der Waals surface area contributed by atoms with Crippen LogP contribution in [0.3, 0.4) is 0 Å². The smallest absolute Gasteiger partial charge is 0.0640 e. The Hall–Kier alpha value is -7.00. The summed E-state index contributed by atoms with van der Waals surface area (Å²) in [6.45, 7) is 4.81. The van der Waals surface area contributed by atoms with Crippen molar-refractivity contribution in [2.24, 2.45) is 5.92 Å². The van der Waals surface area contributed by atoms with Crippen LogP contribution < -0.4 is 4.90 Å². The van der Waals surface area contributed by atoms with Gasteiger partial charge in [0.15, 0.2) is 0 Å². The van der Waals surface area contributed by atoms with Crippen LogP contribution in [0.25, 0.3) is 64.3 Å². The van der Waals surface area contributed by atoms with Gasteiger partial charge in [0.2, 0.25) is 0 Å². The van der Waals surface area contributed by atoms with E-state index < -0.39 is 0 Å². The van der Waals surface area contributed by atoms with Crippen molar-refractivity contribution in [2.45, 2.75) is 25.2 Å². The van der Waals surface area contributed by atoms with E-state index in [2.05, 4.69) is 219 Å². The van der Waals surface area contributed by atoms with Gasteiger partial charge in [0, 0.05) is 44.1 Å². The summed E-state index contributed by atoms with van der Waals surface area (Å²) in [6, 6.07) is 63.6. The van der Waals surface area contributed by atoms with Crippen molar-refractivity contribution < 1.29 is 0 Å². The van der Waals surface area contributed by atoms with Gasteiger partial charge in [-0.3, -0.25) is 0 Å². The summed E-state index contributed by atoms with van der Waals surface area (Å²) in [5.74, 6) is 0.774. The first-order valence-corrected chi connectivity index (χ1v) is 22.3. The van der Waals surface area contributed by atoms with Crippen molar-refractivity contribution in [3.8, 4) is 22.3 Å². The highest BCUT2D eigenvalue weighted by molar-refractivity contribution is 7.26. The lowest BCUT2D eigenvalue weighted by atomic mass is 9.75. The molecule has 4 aliphatic rings. The molecule has 61 heavy (non-hydrogen) atoms. The molecule has 9 aromatic rings. The summed E-state index contributed by atoms with van der Waals surface area (Å²) >= 11 is 1.88. The van der Waals surface area contributed by atoms with E-state index in [9.17, 15) is 0 Å². The first kappa shape index (κ1) is 34.8. The summed E-state index contributed by atoms with van der Waals surface area (Å²) < 4.78 is 2.61. The molecule has 2 unspecified atom stereocenters. The number of fused-ring (bicyclic) bond motifs is 10. The Morgan fingerprint density at radius 2 is 1.30 bits per heavy atom. The summed E-state index contributed by atoms with van der Waals surface area (Å²) in [4.78, 5) is 2.49. The maximum absolute atomic E-state index is 2.54. The van der Waals surface area contributed by atoms with E-state index >= 15 is 0 Å². The van der Waals surface area contributed by atoms with Gasteiger partial charge in [-0.05, 0) is 120 Å². The largest absolute Gasteiger partial charge is 0.309 e. The zero-order chi connectivity index (χ0) is 40.4. The van der Waals surface area contributed by atoms with Crippen molar-refractivity contribution >= 4 is 70.5 Å². The summed E-state index contributed by atoms with van der Waals surface area (Å²) in [5.41, 5.74) is 19.6. The third kappa shape index (κ3) is 5.13. The second-order valence-corrected chi connectivity index (χ2v) is 18.7. The highest BCUT2D eigenvalue weighted by Crippen LogP contribution is 2.56.